The highest BCUT2D eigenvalue weighted by Crippen LogP contribution is 2.13. The molecule has 166 valence electrons. The maximum Gasteiger partial charge on any atom is 0.246 e. The largest absolute Gasteiger partial charge is 0.342 e. The Hall–Kier alpha value is -3.85. The number of halogens is 2. The molecule has 0 saturated heterocycles. The lowest BCUT2D eigenvalue weighted by atomic mass is 10.1. The first-order chi connectivity index (χ1) is 16.0. The second-order valence-corrected chi connectivity index (χ2v) is 8.14. The fraction of sp³-hybridized carbons (Fsp3) is 0.0833. The molecule has 33 heavy (non-hydrogen) atoms. The summed E-state index contributed by atoms with van der Waals surface area (Å²) in [5.41, 5.74) is 2.61. The highest BCUT2D eigenvalue weighted by molar-refractivity contribution is 9.10. The van der Waals surface area contributed by atoms with Crippen LogP contribution in [0.25, 0.3) is 6.08 Å². The number of hydrogen-bond donors (Lipinski definition) is 1. The number of anilines is 1. The number of benzene rings is 2. The van der Waals surface area contributed by atoms with Gasteiger partial charge in [-0.15, -0.1) is 5.10 Å². The lowest BCUT2D eigenvalue weighted by Crippen LogP contribution is -2.19. The molecule has 0 atom stereocenters. The van der Waals surface area contributed by atoms with Crippen LogP contribution in [0.4, 0.5) is 10.1 Å². The van der Waals surface area contributed by atoms with E-state index in [0.717, 1.165) is 10.2 Å². The van der Waals surface area contributed by atoms with Gasteiger partial charge in [0.05, 0.1) is 12.7 Å². The molecular weight excluding hydrogens is 489 g/mol. The first-order valence-corrected chi connectivity index (χ1v) is 10.8. The Morgan fingerprint density at radius 1 is 1.06 bits per heavy atom. The highest BCUT2D eigenvalue weighted by Gasteiger charge is 2.09. The van der Waals surface area contributed by atoms with Crippen molar-refractivity contribution in [2.45, 2.75) is 13.1 Å². The lowest BCUT2D eigenvalue weighted by Gasteiger charge is -2.05. The zero-order valence-electron chi connectivity index (χ0n) is 17.4. The molecule has 0 spiro atoms. The zero-order valence-corrected chi connectivity index (χ0v) is 18.9. The Kier molecular flexibility index (Phi) is 6.89. The summed E-state index contributed by atoms with van der Waals surface area (Å²) in [7, 11) is 0. The van der Waals surface area contributed by atoms with Crippen LogP contribution in [0.5, 0.6) is 0 Å². The second-order valence-electron chi connectivity index (χ2n) is 7.23. The standard InChI is InChI=1S/C24H19BrFN5O2/c25-18-5-3-17(4-6-18)23(32)12-11-22-2-1-13-30(22)14-21-15-31(29-28-21)16-24(33)27-20-9-7-19(26)8-10-20/h1-13,15H,14,16H2,(H,27,33)/b12-11+. The number of allylic oxidation sites excluding steroid dienone is 1. The van der Waals surface area contributed by atoms with Gasteiger partial charge in [0.15, 0.2) is 5.78 Å². The highest BCUT2D eigenvalue weighted by atomic mass is 79.9. The van der Waals surface area contributed by atoms with Crippen molar-refractivity contribution in [1.29, 1.82) is 0 Å². The molecule has 0 aliphatic carbocycles. The number of ketones is 1. The van der Waals surface area contributed by atoms with Crippen LogP contribution in [0.3, 0.4) is 0 Å². The van der Waals surface area contributed by atoms with Crippen LogP contribution in [-0.2, 0) is 17.9 Å². The summed E-state index contributed by atoms with van der Waals surface area (Å²) in [5.74, 6) is -0.756. The maximum absolute atomic E-state index is 13.0. The Morgan fingerprint density at radius 3 is 2.58 bits per heavy atom. The summed E-state index contributed by atoms with van der Waals surface area (Å²) < 4.78 is 17.3. The molecule has 1 N–H and O–H groups in total. The third-order valence-electron chi connectivity index (χ3n) is 4.75. The summed E-state index contributed by atoms with van der Waals surface area (Å²) in [4.78, 5) is 24.6. The minimum Gasteiger partial charge on any atom is -0.342 e. The van der Waals surface area contributed by atoms with E-state index in [2.05, 4.69) is 31.6 Å². The molecule has 4 aromatic rings. The van der Waals surface area contributed by atoms with Crippen LogP contribution >= 0.6 is 15.9 Å². The van der Waals surface area contributed by atoms with E-state index >= 15 is 0 Å². The van der Waals surface area contributed by atoms with E-state index in [0.29, 0.717) is 23.5 Å². The van der Waals surface area contributed by atoms with Gasteiger partial charge in [-0.25, -0.2) is 9.07 Å². The van der Waals surface area contributed by atoms with Crippen molar-refractivity contribution in [2.75, 3.05) is 5.32 Å². The van der Waals surface area contributed by atoms with E-state index in [9.17, 15) is 14.0 Å². The third kappa shape index (κ3) is 6.11. The van der Waals surface area contributed by atoms with Crippen LogP contribution in [0, 0.1) is 5.82 Å². The number of carbonyl (C=O) groups excluding carboxylic acids is 2. The molecule has 2 aromatic heterocycles. The van der Waals surface area contributed by atoms with Gasteiger partial charge in [0, 0.05) is 27.6 Å². The molecule has 7 nitrogen and oxygen atoms in total. The van der Waals surface area contributed by atoms with Gasteiger partial charge in [0.25, 0.3) is 0 Å². The molecule has 0 bridgehead atoms. The summed E-state index contributed by atoms with van der Waals surface area (Å²) in [6, 6.07) is 16.5. The fourth-order valence-corrected chi connectivity index (χ4v) is 3.40. The predicted molar refractivity (Wildman–Crippen MR) is 126 cm³/mol. The molecule has 0 aliphatic heterocycles. The van der Waals surface area contributed by atoms with E-state index in [1.165, 1.54) is 35.0 Å². The molecule has 0 fully saturated rings. The Bertz CT molecular complexity index is 1290. The van der Waals surface area contributed by atoms with Crippen molar-refractivity contribution < 1.29 is 14.0 Å². The average molecular weight is 508 g/mol. The first kappa shape index (κ1) is 22.3. The first-order valence-electron chi connectivity index (χ1n) is 10.0. The quantitative estimate of drug-likeness (QED) is 0.280. The number of nitrogens with one attached hydrogen (secondary N) is 1. The molecule has 9 heteroatoms. The van der Waals surface area contributed by atoms with Gasteiger partial charge < -0.3 is 9.88 Å². The van der Waals surface area contributed by atoms with Gasteiger partial charge in [-0.2, -0.15) is 0 Å². The maximum atomic E-state index is 13.0. The smallest absolute Gasteiger partial charge is 0.246 e. The fourth-order valence-electron chi connectivity index (χ4n) is 3.14. The van der Waals surface area contributed by atoms with Crippen molar-refractivity contribution in [1.82, 2.24) is 19.6 Å². The van der Waals surface area contributed by atoms with Crippen molar-refractivity contribution in [3.8, 4) is 0 Å². The minimum absolute atomic E-state index is 0.0233. The zero-order chi connectivity index (χ0) is 23.2. The summed E-state index contributed by atoms with van der Waals surface area (Å²) in [6.45, 7) is 0.406. The van der Waals surface area contributed by atoms with Gasteiger partial charge in [0.1, 0.15) is 18.1 Å². The van der Waals surface area contributed by atoms with Gasteiger partial charge in [-0.3, -0.25) is 9.59 Å². The van der Waals surface area contributed by atoms with Crippen molar-refractivity contribution in [2.24, 2.45) is 0 Å². The topological polar surface area (TPSA) is 81.8 Å². The van der Waals surface area contributed by atoms with E-state index in [4.69, 9.17) is 0 Å². The van der Waals surface area contributed by atoms with Gasteiger partial charge >= 0.3 is 0 Å². The van der Waals surface area contributed by atoms with Crippen LogP contribution < -0.4 is 5.32 Å². The molecule has 1 amide bonds. The monoisotopic (exact) mass is 507 g/mol. The Morgan fingerprint density at radius 2 is 1.82 bits per heavy atom. The Labute approximate surface area is 197 Å². The van der Waals surface area contributed by atoms with Crippen LogP contribution in [0.15, 0.2) is 83.6 Å². The molecule has 0 unspecified atom stereocenters. The molecule has 0 radical (unpaired) electrons. The molecule has 4 rings (SSSR count). The van der Waals surface area contributed by atoms with E-state index in [1.54, 1.807) is 24.4 Å². The van der Waals surface area contributed by atoms with Gasteiger partial charge in [0.2, 0.25) is 5.91 Å². The van der Waals surface area contributed by atoms with Crippen LogP contribution in [-0.4, -0.2) is 31.3 Å². The van der Waals surface area contributed by atoms with Crippen molar-refractivity contribution in [3.05, 3.63) is 106 Å². The lowest BCUT2D eigenvalue weighted by molar-refractivity contribution is -0.116. The van der Waals surface area contributed by atoms with E-state index in [-0.39, 0.29) is 24.1 Å². The summed E-state index contributed by atoms with van der Waals surface area (Å²) in [6.07, 6.45) is 6.85. The third-order valence-corrected chi connectivity index (χ3v) is 5.28. The number of carbonyl (C=O) groups is 2. The van der Waals surface area contributed by atoms with Gasteiger partial charge in [-0.1, -0.05) is 21.1 Å². The normalized spacial score (nSPS) is 11.1. The predicted octanol–water partition coefficient (Wildman–Crippen LogP) is 4.56. The summed E-state index contributed by atoms with van der Waals surface area (Å²) in [5, 5.41) is 10.8. The minimum atomic E-state index is -0.370. The van der Waals surface area contributed by atoms with E-state index in [1.807, 2.05) is 35.0 Å². The number of rotatable bonds is 8. The molecule has 0 saturated carbocycles. The van der Waals surface area contributed by atoms with Crippen LogP contribution in [0.2, 0.25) is 0 Å². The SMILES string of the molecule is O=C(Cn1cc(Cn2cccc2/C=C/C(=O)c2ccc(Br)cc2)nn1)Nc1ccc(F)cc1. The molecule has 2 heterocycles. The number of hydrogen-bond acceptors (Lipinski definition) is 4. The summed E-state index contributed by atoms with van der Waals surface area (Å²) >= 11 is 3.36. The number of amides is 1. The molecule has 2 aromatic carbocycles. The Balaban J connectivity index is 1.36. The molecule has 0 aliphatic rings. The van der Waals surface area contributed by atoms with Gasteiger partial charge in [-0.05, 0) is 72.8 Å². The number of aromatic nitrogens is 4. The van der Waals surface area contributed by atoms with Crippen molar-refractivity contribution in [3.63, 3.8) is 0 Å². The van der Waals surface area contributed by atoms with Crippen molar-refractivity contribution >= 4 is 39.4 Å². The second kappa shape index (κ2) is 10.2. The van der Waals surface area contributed by atoms with Crippen LogP contribution in [0.1, 0.15) is 21.7 Å². The van der Waals surface area contributed by atoms with E-state index < -0.39 is 0 Å². The number of nitrogens with zero attached hydrogens (tertiary/aromatic N) is 4. The average Bonchev–Trinajstić information content (AvgIpc) is 3.43. The molecular formula is C24H19BrFN5O2.